The second-order valence-electron chi connectivity index (χ2n) is 5.59. The van der Waals surface area contributed by atoms with E-state index in [0.29, 0.717) is 11.3 Å². The van der Waals surface area contributed by atoms with E-state index in [2.05, 4.69) is 29.6 Å². The van der Waals surface area contributed by atoms with Crippen molar-refractivity contribution < 1.29 is 22.9 Å². The Kier molecular flexibility index (Phi) is 3.90. The van der Waals surface area contributed by atoms with E-state index in [0.717, 1.165) is 5.56 Å². The third-order valence-electron chi connectivity index (χ3n) is 3.92. The van der Waals surface area contributed by atoms with Gasteiger partial charge in [0.15, 0.2) is 11.7 Å². The number of aldehydes is 1. The van der Waals surface area contributed by atoms with Gasteiger partial charge in [0, 0.05) is 11.3 Å². The molecule has 1 unspecified atom stereocenters. The molecular formula is C17H15NO5S. The monoisotopic (exact) mass is 345 g/mol. The zero-order valence-corrected chi connectivity index (χ0v) is 13.5. The van der Waals surface area contributed by atoms with Crippen molar-refractivity contribution in [1.82, 2.24) is 0 Å². The number of rotatable bonds is 2. The largest absolute Gasteiger partial charge is 0.507 e. The van der Waals surface area contributed by atoms with Crippen LogP contribution < -0.4 is 5.32 Å². The molecule has 2 aliphatic carbocycles. The zero-order valence-electron chi connectivity index (χ0n) is 12.7. The lowest BCUT2D eigenvalue weighted by Crippen LogP contribution is -2.35. The molecule has 3 aliphatic rings. The van der Waals surface area contributed by atoms with E-state index in [1.54, 1.807) is 25.1 Å². The van der Waals surface area contributed by atoms with Crippen molar-refractivity contribution in [3.05, 3.63) is 59.2 Å². The molecule has 0 saturated heterocycles. The smallest absolute Gasteiger partial charge is 0.290 e. The maximum atomic E-state index is 11.2. The first-order chi connectivity index (χ1) is 11.3. The number of nitrogens with one attached hydrogen (secondary N) is 1. The maximum absolute atomic E-state index is 11.2. The van der Waals surface area contributed by atoms with E-state index >= 15 is 0 Å². The molecule has 0 aromatic heterocycles. The standard InChI is InChI=1S/C11H11NO5S.C6H4/c1-6-2-3-9-7(4-6)10(14)8(5-13)11(12-9)18(15,16)17;1-2-6-4-3-5(1)6/h2-5,11-12,14H,1H3,(H,15,16,17);1-4H. The van der Waals surface area contributed by atoms with Gasteiger partial charge in [-0.05, 0) is 30.2 Å². The molecule has 1 heterocycles. The molecule has 7 heteroatoms. The number of carbonyl (C=O) groups is 1. The van der Waals surface area contributed by atoms with Crippen LogP contribution >= 0.6 is 0 Å². The maximum Gasteiger partial charge on any atom is 0.290 e. The number of benzene rings is 2. The number of aliphatic hydroxyl groups is 1. The molecule has 124 valence electrons. The van der Waals surface area contributed by atoms with Gasteiger partial charge in [-0.2, -0.15) is 8.42 Å². The summed E-state index contributed by atoms with van der Waals surface area (Å²) in [6, 6.07) is 13.4. The molecule has 0 saturated carbocycles. The van der Waals surface area contributed by atoms with E-state index in [4.69, 9.17) is 4.55 Å². The Morgan fingerprint density at radius 3 is 2.08 bits per heavy atom. The van der Waals surface area contributed by atoms with E-state index < -0.39 is 26.8 Å². The molecule has 0 amide bonds. The van der Waals surface area contributed by atoms with Crippen LogP contribution in [0.3, 0.4) is 0 Å². The molecule has 0 fully saturated rings. The Hall–Kier alpha value is -2.64. The van der Waals surface area contributed by atoms with Crippen molar-refractivity contribution in [3.63, 3.8) is 0 Å². The summed E-state index contributed by atoms with van der Waals surface area (Å²) in [5.41, 5.74) is 3.96. The Morgan fingerprint density at radius 1 is 1.08 bits per heavy atom. The van der Waals surface area contributed by atoms with E-state index in [-0.39, 0.29) is 6.29 Å². The van der Waals surface area contributed by atoms with Gasteiger partial charge in [-0.3, -0.25) is 9.35 Å². The van der Waals surface area contributed by atoms with Crippen LogP contribution in [0.2, 0.25) is 0 Å². The summed E-state index contributed by atoms with van der Waals surface area (Å²) in [4.78, 5) is 10.9. The van der Waals surface area contributed by atoms with Crippen molar-refractivity contribution >= 4 is 27.9 Å². The molecular weight excluding hydrogens is 330 g/mol. The van der Waals surface area contributed by atoms with Crippen LogP contribution in [-0.4, -0.2) is 29.7 Å². The highest BCUT2D eigenvalue weighted by Crippen LogP contribution is 2.33. The summed E-state index contributed by atoms with van der Waals surface area (Å²) < 4.78 is 31.4. The minimum Gasteiger partial charge on any atom is -0.507 e. The Labute approximate surface area is 139 Å². The predicted octanol–water partition coefficient (Wildman–Crippen LogP) is 2.77. The molecule has 1 aromatic rings. The van der Waals surface area contributed by atoms with Gasteiger partial charge in [-0.25, -0.2) is 0 Å². The lowest BCUT2D eigenvalue weighted by molar-refractivity contribution is -0.105. The second kappa shape index (κ2) is 5.77. The Bertz CT molecular complexity index is 924. The van der Waals surface area contributed by atoms with Crippen LogP contribution in [0.15, 0.2) is 48.0 Å². The molecule has 0 bridgehead atoms. The van der Waals surface area contributed by atoms with E-state index in [1.165, 1.54) is 11.1 Å². The average Bonchev–Trinajstić information content (AvgIpc) is 2.51. The Balaban J connectivity index is 0.000000231. The highest BCUT2D eigenvalue weighted by atomic mass is 32.2. The lowest BCUT2D eigenvalue weighted by Gasteiger charge is -2.25. The number of anilines is 1. The molecule has 1 aromatic carbocycles. The van der Waals surface area contributed by atoms with Gasteiger partial charge < -0.3 is 10.4 Å². The van der Waals surface area contributed by atoms with Crippen molar-refractivity contribution in [2.45, 2.75) is 12.3 Å². The summed E-state index contributed by atoms with van der Waals surface area (Å²) in [5.74, 6) is -0.440. The average molecular weight is 345 g/mol. The third kappa shape index (κ3) is 2.79. The summed E-state index contributed by atoms with van der Waals surface area (Å²) in [7, 11) is -4.53. The number of aryl methyl sites for hydroxylation is 1. The SMILES string of the molecule is Cc1ccc2c(c1)C(O)=C(C=O)C(S(=O)(=O)O)N2.c1cc2ccc1-2. The number of fused-ring (bicyclic) bond motifs is 2. The normalized spacial score (nSPS) is 17.2. The molecule has 1 aliphatic heterocycles. The highest BCUT2D eigenvalue weighted by molar-refractivity contribution is 7.86. The molecule has 4 rings (SSSR count). The van der Waals surface area contributed by atoms with Crippen molar-refractivity contribution in [2.75, 3.05) is 5.32 Å². The molecule has 24 heavy (non-hydrogen) atoms. The fraction of sp³-hybridized carbons (Fsp3) is 0.118. The van der Waals surface area contributed by atoms with Crippen molar-refractivity contribution in [3.8, 4) is 11.1 Å². The summed E-state index contributed by atoms with van der Waals surface area (Å²) >= 11 is 0. The minimum absolute atomic E-state index is 0.214. The van der Waals surface area contributed by atoms with E-state index in [9.17, 15) is 18.3 Å². The fourth-order valence-corrected chi connectivity index (χ4v) is 3.26. The van der Waals surface area contributed by atoms with Crippen LogP contribution in [-0.2, 0) is 14.9 Å². The van der Waals surface area contributed by atoms with Crippen molar-refractivity contribution in [2.24, 2.45) is 0 Å². The van der Waals surface area contributed by atoms with Gasteiger partial charge in [0.2, 0.25) is 0 Å². The summed E-state index contributed by atoms with van der Waals surface area (Å²) in [6.45, 7) is 1.79. The molecule has 0 spiro atoms. The number of hydrogen-bond donors (Lipinski definition) is 3. The minimum atomic E-state index is -4.53. The molecule has 3 N–H and O–H groups in total. The zero-order chi connectivity index (χ0) is 17.5. The van der Waals surface area contributed by atoms with Crippen LogP contribution in [0, 0.1) is 6.92 Å². The van der Waals surface area contributed by atoms with Gasteiger partial charge in [-0.15, -0.1) is 0 Å². The van der Waals surface area contributed by atoms with E-state index in [1.807, 2.05) is 0 Å². The van der Waals surface area contributed by atoms with Crippen molar-refractivity contribution in [1.29, 1.82) is 0 Å². The first kappa shape index (κ1) is 16.2. The van der Waals surface area contributed by atoms with Crippen LogP contribution in [0.25, 0.3) is 16.9 Å². The second-order valence-corrected chi connectivity index (χ2v) is 7.09. The molecule has 6 nitrogen and oxygen atoms in total. The number of aliphatic hydroxyl groups excluding tert-OH is 1. The quantitative estimate of drug-likeness (QED) is 0.487. The van der Waals surface area contributed by atoms with Gasteiger partial charge in [0.25, 0.3) is 10.1 Å². The lowest BCUT2D eigenvalue weighted by atomic mass is 9.95. The summed E-state index contributed by atoms with van der Waals surface area (Å²) in [5, 5.41) is 10.8. The molecule has 1 atom stereocenters. The van der Waals surface area contributed by atoms with Gasteiger partial charge in [0.1, 0.15) is 5.76 Å². The Morgan fingerprint density at radius 2 is 1.67 bits per heavy atom. The first-order valence-electron chi connectivity index (χ1n) is 7.14. The summed E-state index contributed by atoms with van der Waals surface area (Å²) in [6.07, 6.45) is 0.214. The van der Waals surface area contributed by atoms with Gasteiger partial charge >= 0.3 is 0 Å². The molecule has 0 radical (unpaired) electrons. The van der Waals surface area contributed by atoms with Gasteiger partial charge in [0.05, 0.1) is 5.57 Å². The van der Waals surface area contributed by atoms with Gasteiger partial charge in [-0.1, -0.05) is 35.9 Å². The van der Waals surface area contributed by atoms with Crippen LogP contribution in [0.5, 0.6) is 0 Å². The van der Waals surface area contributed by atoms with Crippen LogP contribution in [0.1, 0.15) is 11.1 Å². The third-order valence-corrected chi connectivity index (χ3v) is 4.88. The number of hydrogen-bond acceptors (Lipinski definition) is 5. The van der Waals surface area contributed by atoms with Crippen LogP contribution in [0.4, 0.5) is 5.69 Å². The highest BCUT2D eigenvalue weighted by Gasteiger charge is 2.34. The predicted molar refractivity (Wildman–Crippen MR) is 91.2 cm³/mol. The first-order valence-corrected chi connectivity index (χ1v) is 8.64. The topological polar surface area (TPSA) is 104 Å². The fourth-order valence-electron chi connectivity index (χ4n) is 2.49. The number of carbonyl (C=O) groups excluding carboxylic acids is 1.